The number of nitrogens with one attached hydrogen (secondary N) is 2. The highest BCUT2D eigenvalue weighted by molar-refractivity contribution is 7.92. The van der Waals surface area contributed by atoms with Gasteiger partial charge in [0, 0.05) is 17.1 Å². The SMILES string of the molecule is CCOc1ccc(N2C(=O)C(Cl)=C(Nc3ccc(S(=O)(=O)Nc4nc(C)cc(C)n4)cc3)C2=O)cc1. The van der Waals surface area contributed by atoms with E-state index in [9.17, 15) is 18.0 Å². The van der Waals surface area contributed by atoms with Crippen molar-refractivity contribution >= 4 is 50.8 Å². The number of halogens is 1. The van der Waals surface area contributed by atoms with Crippen LogP contribution in [0.2, 0.25) is 0 Å². The van der Waals surface area contributed by atoms with Crippen LogP contribution in [0.1, 0.15) is 18.3 Å². The second kappa shape index (κ2) is 9.96. The van der Waals surface area contributed by atoms with Crippen LogP contribution in [0, 0.1) is 13.8 Å². The number of aromatic nitrogens is 2. The number of carbonyl (C=O) groups is 2. The second-order valence-electron chi connectivity index (χ2n) is 7.79. The lowest BCUT2D eigenvalue weighted by Crippen LogP contribution is -2.32. The van der Waals surface area contributed by atoms with Gasteiger partial charge in [-0.1, -0.05) is 11.6 Å². The van der Waals surface area contributed by atoms with E-state index in [1.807, 2.05) is 6.92 Å². The molecule has 0 fully saturated rings. The average Bonchev–Trinajstić information content (AvgIpc) is 3.02. The number of nitrogens with zero attached hydrogens (tertiary/aromatic N) is 3. The average molecular weight is 528 g/mol. The van der Waals surface area contributed by atoms with Gasteiger partial charge in [0.15, 0.2) is 0 Å². The number of imide groups is 1. The minimum absolute atomic E-state index is 0.0314. The van der Waals surface area contributed by atoms with Crippen LogP contribution in [0.4, 0.5) is 17.3 Å². The maximum Gasteiger partial charge on any atom is 0.283 e. The number of hydrogen-bond donors (Lipinski definition) is 2. The van der Waals surface area contributed by atoms with Crippen molar-refractivity contribution in [1.82, 2.24) is 9.97 Å². The van der Waals surface area contributed by atoms with Crippen molar-refractivity contribution in [2.24, 2.45) is 0 Å². The minimum Gasteiger partial charge on any atom is -0.494 e. The normalized spacial score (nSPS) is 13.8. The van der Waals surface area contributed by atoms with E-state index in [0.717, 1.165) is 4.90 Å². The standard InChI is InChI=1S/C24H22ClN5O5S/c1-4-35-18-9-7-17(8-10-18)30-22(31)20(25)21(23(30)32)28-16-5-11-19(12-6-16)36(33,34)29-24-26-14(2)13-15(3)27-24/h5-13,28H,4H2,1-3H3,(H,26,27,29). The maximum atomic E-state index is 13.0. The van der Waals surface area contributed by atoms with E-state index in [4.69, 9.17) is 16.3 Å². The van der Waals surface area contributed by atoms with E-state index in [1.54, 1.807) is 44.2 Å². The summed E-state index contributed by atoms with van der Waals surface area (Å²) in [5.41, 5.74) is 1.83. The zero-order valence-electron chi connectivity index (χ0n) is 19.6. The Balaban J connectivity index is 1.50. The molecule has 0 bridgehead atoms. The molecular formula is C24H22ClN5O5S. The minimum atomic E-state index is -3.95. The van der Waals surface area contributed by atoms with Gasteiger partial charge in [0.2, 0.25) is 5.95 Å². The van der Waals surface area contributed by atoms with Gasteiger partial charge in [-0.3, -0.25) is 9.59 Å². The van der Waals surface area contributed by atoms with Gasteiger partial charge >= 0.3 is 0 Å². The van der Waals surface area contributed by atoms with E-state index >= 15 is 0 Å². The van der Waals surface area contributed by atoms with Crippen LogP contribution in [0.15, 0.2) is 70.2 Å². The Morgan fingerprint density at radius 3 is 2.14 bits per heavy atom. The predicted molar refractivity (Wildman–Crippen MR) is 135 cm³/mol. The van der Waals surface area contributed by atoms with Crippen LogP contribution >= 0.6 is 11.6 Å². The van der Waals surface area contributed by atoms with Crippen molar-refractivity contribution in [2.45, 2.75) is 25.7 Å². The molecule has 0 radical (unpaired) electrons. The van der Waals surface area contributed by atoms with Gasteiger partial charge in [-0.15, -0.1) is 0 Å². The zero-order chi connectivity index (χ0) is 26.0. The molecule has 12 heteroatoms. The third kappa shape index (κ3) is 5.16. The molecule has 2 heterocycles. The molecule has 4 rings (SSSR count). The summed E-state index contributed by atoms with van der Waals surface area (Å²) in [6.45, 7) is 5.80. The van der Waals surface area contributed by atoms with Crippen molar-refractivity contribution < 1.29 is 22.7 Å². The summed E-state index contributed by atoms with van der Waals surface area (Å²) in [6.07, 6.45) is 0. The highest BCUT2D eigenvalue weighted by Gasteiger charge is 2.39. The molecule has 10 nitrogen and oxygen atoms in total. The Morgan fingerprint density at radius 1 is 0.944 bits per heavy atom. The predicted octanol–water partition coefficient (Wildman–Crippen LogP) is 3.73. The maximum absolute atomic E-state index is 13.0. The van der Waals surface area contributed by atoms with Crippen molar-refractivity contribution in [3.8, 4) is 5.75 Å². The Labute approximate surface area is 213 Å². The van der Waals surface area contributed by atoms with Gasteiger partial charge in [-0.05, 0) is 75.4 Å². The van der Waals surface area contributed by atoms with Crippen LogP contribution in [-0.2, 0) is 19.6 Å². The van der Waals surface area contributed by atoms with E-state index in [2.05, 4.69) is 20.0 Å². The van der Waals surface area contributed by atoms with Crippen molar-refractivity contribution in [2.75, 3.05) is 21.5 Å². The van der Waals surface area contributed by atoms with Crippen LogP contribution in [0.3, 0.4) is 0 Å². The fourth-order valence-corrected chi connectivity index (χ4v) is 4.67. The number of carbonyl (C=O) groups excluding carboxylic acids is 2. The summed E-state index contributed by atoms with van der Waals surface area (Å²) in [7, 11) is -3.95. The molecule has 0 saturated heterocycles. The molecule has 3 aromatic rings. The van der Waals surface area contributed by atoms with Gasteiger partial charge in [0.05, 0.1) is 17.2 Å². The molecule has 2 N–H and O–H groups in total. The summed E-state index contributed by atoms with van der Waals surface area (Å²) in [6, 6.07) is 13.8. The molecule has 0 spiro atoms. The van der Waals surface area contributed by atoms with Crippen LogP contribution in [-0.4, -0.2) is 36.8 Å². The summed E-state index contributed by atoms with van der Waals surface area (Å²) < 4.78 is 33.2. The number of benzene rings is 2. The fraction of sp³-hybridized carbons (Fsp3) is 0.167. The van der Waals surface area contributed by atoms with Crippen LogP contribution in [0.5, 0.6) is 5.75 Å². The van der Waals surface area contributed by atoms with E-state index in [-0.39, 0.29) is 21.6 Å². The van der Waals surface area contributed by atoms with Crippen molar-refractivity contribution in [3.05, 3.63) is 76.7 Å². The summed E-state index contributed by atoms with van der Waals surface area (Å²) in [5.74, 6) is -0.743. The molecule has 186 valence electrons. The second-order valence-corrected chi connectivity index (χ2v) is 9.85. The quantitative estimate of drug-likeness (QED) is 0.424. The highest BCUT2D eigenvalue weighted by Crippen LogP contribution is 2.31. The number of sulfonamides is 1. The van der Waals surface area contributed by atoms with Gasteiger partial charge in [-0.2, -0.15) is 0 Å². The first-order valence-corrected chi connectivity index (χ1v) is 12.7. The van der Waals surface area contributed by atoms with E-state index in [1.165, 1.54) is 24.3 Å². The molecule has 0 atom stereocenters. The number of amides is 2. The number of anilines is 3. The lowest BCUT2D eigenvalue weighted by Gasteiger charge is -2.15. The smallest absolute Gasteiger partial charge is 0.283 e. The molecule has 0 saturated carbocycles. The molecular weight excluding hydrogens is 506 g/mol. The number of hydrogen-bond acceptors (Lipinski definition) is 8. The van der Waals surface area contributed by atoms with E-state index < -0.39 is 21.8 Å². The largest absolute Gasteiger partial charge is 0.494 e. The topological polar surface area (TPSA) is 131 Å². The first-order chi connectivity index (χ1) is 17.1. The van der Waals surface area contributed by atoms with Crippen molar-refractivity contribution in [3.63, 3.8) is 0 Å². The summed E-state index contributed by atoms with van der Waals surface area (Å²) in [5, 5.41) is 2.54. The van der Waals surface area contributed by atoms with E-state index in [0.29, 0.717) is 35.1 Å². The highest BCUT2D eigenvalue weighted by atomic mass is 35.5. The van der Waals surface area contributed by atoms with Gasteiger partial charge < -0.3 is 10.1 Å². The number of aryl methyl sites for hydroxylation is 2. The molecule has 0 unspecified atom stereocenters. The lowest BCUT2D eigenvalue weighted by molar-refractivity contribution is -0.120. The first-order valence-electron chi connectivity index (χ1n) is 10.8. The van der Waals surface area contributed by atoms with Crippen LogP contribution in [0.25, 0.3) is 0 Å². The molecule has 2 amide bonds. The molecule has 2 aromatic carbocycles. The summed E-state index contributed by atoms with van der Waals surface area (Å²) in [4.78, 5) is 34.7. The van der Waals surface area contributed by atoms with Gasteiger partial charge in [0.1, 0.15) is 16.5 Å². The third-order valence-corrected chi connectivity index (χ3v) is 6.77. The summed E-state index contributed by atoms with van der Waals surface area (Å²) >= 11 is 6.18. The number of ether oxygens (including phenoxy) is 1. The van der Waals surface area contributed by atoms with Gasteiger partial charge in [-0.25, -0.2) is 28.0 Å². The van der Waals surface area contributed by atoms with Crippen molar-refractivity contribution in [1.29, 1.82) is 0 Å². The molecule has 1 aromatic heterocycles. The third-order valence-electron chi connectivity index (χ3n) is 5.08. The Bertz CT molecular complexity index is 1450. The lowest BCUT2D eigenvalue weighted by atomic mass is 10.2. The van der Waals surface area contributed by atoms with Crippen LogP contribution < -0.4 is 19.7 Å². The fourth-order valence-electron chi connectivity index (χ4n) is 3.52. The Morgan fingerprint density at radius 2 is 1.56 bits per heavy atom. The molecule has 1 aliphatic rings. The Kier molecular flexibility index (Phi) is 6.95. The first kappa shape index (κ1) is 25.1. The zero-order valence-corrected chi connectivity index (χ0v) is 21.1. The molecule has 1 aliphatic heterocycles. The van der Waals surface area contributed by atoms with Gasteiger partial charge in [0.25, 0.3) is 21.8 Å². The monoisotopic (exact) mass is 527 g/mol. The Hall–Kier alpha value is -3.96. The molecule has 0 aliphatic carbocycles. The molecule has 36 heavy (non-hydrogen) atoms. The number of rotatable bonds is 8.